The summed E-state index contributed by atoms with van der Waals surface area (Å²) in [6.45, 7) is 3.75. The van der Waals surface area contributed by atoms with Crippen LogP contribution in [0.2, 0.25) is 5.02 Å². The van der Waals surface area contributed by atoms with E-state index in [0.717, 1.165) is 22.4 Å². The van der Waals surface area contributed by atoms with Crippen LogP contribution in [0.4, 0.5) is 0 Å². The van der Waals surface area contributed by atoms with Gasteiger partial charge in [0, 0.05) is 28.0 Å². The maximum Gasteiger partial charge on any atom is 0.119 e. The van der Waals surface area contributed by atoms with Gasteiger partial charge in [0.2, 0.25) is 0 Å². The predicted molar refractivity (Wildman–Crippen MR) is 65.8 cm³/mol. The van der Waals surface area contributed by atoms with Crippen LogP contribution in [-0.2, 0) is 0 Å². The van der Waals surface area contributed by atoms with Crippen molar-refractivity contribution in [1.82, 2.24) is 4.98 Å². The summed E-state index contributed by atoms with van der Waals surface area (Å²) in [5.74, 6) is 0.250. The summed E-state index contributed by atoms with van der Waals surface area (Å²) < 4.78 is 0. The first-order chi connectivity index (χ1) is 7.58. The van der Waals surface area contributed by atoms with Crippen LogP contribution in [0.1, 0.15) is 11.3 Å². The molecule has 0 spiro atoms. The molecule has 0 aliphatic rings. The van der Waals surface area contributed by atoms with E-state index in [1.807, 2.05) is 26.0 Å². The predicted octanol–water partition coefficient (Wildman–Crippen LogP) is 3.72. The second-order valence-corrected chi connectivity index (χ2v) is 4.21. The topological polar surface area (TPSA) is 33.1 Å². The molecule has 16 heavy (non-hydrogen) atoms. The van der Waals surface area contributed by atoms with E-state index in [1.54, 1.807) is 18.3 Å². The van der Waals surface area contributed by atoms with E-state index in [1.165, 1.54) is 0 Å². The molecular formula is C13H12ClNO. The zero-order valence-corrected chi connectivity index (χ0v) is 9.92. The molecule has 2 aromatic rings. The third-order valence-electron chi connectivity index (χ3n) is 2.51. The minimum atomic E-state index is 0.250. The van der Waals surface area contributed by atoms with Crippen LogP contribution in [0.25, 0.3) is 11.1 Å². The van der Waals surface area contributed by atoms with Gasteiger partial charge in [-0.05, 0) is 37.6 Å². The Kier molecular flexibility index (Phi) is 2.84. The van der Waals surface area contributed by atoms with Crippen molar-refractivity contribution in [1.29, 1.82) is 0 Å². The van der Waals surface area contributed by atoms with Gasteiger partial charge in [0.1, 0.15) is 5.75 Å². The first-order valence-electron chi connectivity index (χ1n) is 5.00. The van der Waals surface area contributed by atoms with E-state index in [4.69, 9.17) is 11.6 Å². The summed E-state index contributed by atoms with van der Waals surface area (Å²) in [5.41, 5.74) is 3.44. The van der Waals surface area contributed by atoms with E-state index in [-0.39, 0.29) is 5.75 Å². The quantitative estimate of drug-likeness (QED) is 0.814. The van der Waals surface area contributed by atoms with Crippen molar-refractivity contribution in [3.8, 4) is 16.9 Å². The molecule has 0 amide bonds. The van der Waals surface area contributed by atoms with Gasteiger partial charge >= 0.3 is 0 Å². The maximum atomic E-state index is 9.66. The van der Waals surface area contributed by atoms with Crippen LogP contribution in [0.5, 0.6) is 5.75 Å². The van der Waals surface area contributed by atoms with E-state index in [2.05, 4.69) is 4.98 Å². The molecule has 0 aliphatic heterocycles. The van der Waals surface area contributed by atoms with Crippen molar-refractivity contribution in [2.45, 2.75) is 13.8 Å². The highest BCUT2D eigenvalue weighted by Gasteiger charge is 2.07. The van der Waals surface area contributed by atoms with Crippen LogP contribution in [-0.4, -0.2) is 10.1 Å². The molecule has 0 saturated heterocycles. The van der Waals surface area contributed by atoms with E-state index < -0.39 is 0 Å². The Morgan fingerprint density at radius 2 is 1.94 bits per heavy atom. The first kappa shape index (κ1) is 11.0. The summed E-state index contributed by atoms with van der Waals surface area (Å²) in [6, 6.07) is 7.29. The molecule has 1 heterocycles. The van der Waals surface area contributed by atoms with E-state index in [9.17, 15) is 5.11 Å². The number of aromatic hydroxyl groups is 1. The monoisotopic (exact) mass is 233 g/mol. The number of rotatable bonds is 1. The SMILES string of the molecule is Cc1ccc(-c2cc(O)c(C)cc2Cl)cn1. The van der Waals surface area contributed by atoms with Gasteiger partial charge in [-0.1, -0.05) is 17.7 Å². The minimum absolute atomic E-state index is 0.250. The Hall–Kier alpha value is -1.54. The van der Waals surface area contributed by atoms with Crippen LogP contribution in [0.3, 0.4) is 0 Å². The average Bonchev–Trinajstić information content (AvgIpc) is 2.25. The summed E-state index contributed by atoms with van der Waals surface area (Å²) in [4.78, 5) is 4.21. The second kappa shape index (κ2) is 4.14. The lowest BCUT2D eigenvalue weighted by Crippen LogP contribution is -1.85. The molecule has 0 fully saturated rings. The zero-order chi connectivity index (χ0) is 11.7. The standard InChI is InChI=1S/C13H12ClNO/c1-8-5-12(14)11(6-13(8)16)10-4-3-9(2)15-7-10/h3-7,16H,1-2H3. The molecule has 0 radical (unpaired) electrons. The smallest absolute Gasteiger partial charge is 0.119 e. The molecule has 0 atom stereocenters. The van der Waals surface area contributed by atoms with E-state index in [0.29, 0.717) is 5.02 Å². The molecule has 0 unspecified atom stereocenters. The number of benzene rings is 1. The first-order valence-corrected chi connectivity index (χ1v) is 5.38. The highest BCUT2D eigenvalue weighted by molar-refractivity contribution is 6.33. The zero-order valence-electron chi connectivity index (χ0n) is 9.16. The molecule has 1 N–H and O–H groups in total. The Labute approximate surface area is 99.5 Å². The van der Waals surface area contributed by atoms with Crippen LogP contribution in [0.15, 0.2) is 30.5 Å². The maximum absolute atomic E-state index is 9.66. The molecule has 0 bridgehead atoms. The molecule has 0 saturated carbocycles. The summed E-state index contributed by atoms with van der Waals surface area (Å²) in [6.07, 6.45) is 1.76. The number of hydrogen-bond donors (Lipinski definition) is 1. The summed E-state index contributed by atoms with van der Waals surface area (Å²) in [7, 11) is 0. The van der Waals surface area contributed by atoms with Gasteiger partial charge in [-0.3, -0.25) is 4.98 Å². The Balaban J connectivity index is 2.56. The molecular weight excluding hydrogens is 222 g/mol. The number of hydrogen-bond acceptors (Lipinski definition) is 2. The lowest BCUT2D eigenvalue weighted by Gasteiger charge is -2.07. The Bertz CT molecular complexity index is 520. The molecule has 1 aromatic heterocycles. The van der Waals surface area contributed by atoms with Crippen molar-refractivity contribution in [2.75, 3.05) is 0 Å². The Morgan fingerprint density at radius 3 is 2.56 bits per heavy atom. The fourth-order valence-corrected chi connectivity index (χ4v) is 1.84. The molecule has 3 heteroatoms. The normalized spacial score (nSPS) is 10.4. The number of phenols is 1. The van der Waals surface area contributed by atoms with Gasteiger partial charge in [0.25, 0.3) is 0 Å². The number of halogens is 1. The fourth-order valence-electron chi connectivity index (χ4n) is 1.51. The molecule has 82 valence electrons. The lowest BCUT2D eigenvalue weighted by molar-refractivity contribution is 0.471. The molecule has 2 rings (SSSR count). The number of pyridine rings is 1. The average molecular weight is 234 g/mol. The number of nitrogens with zero attached hydrogens (tertiary/aromatic N) is 1. The number of phenolic OH excluding ortho intramolecular Hbond substituents is 1. The van der Waals surface area contributed by atoms with Gasteiger partial charge in [0.15, 0.2) is 0 Å². The minimum Gasteiger partial charge on any atom is -0.508 e. The van der Waals surface area contributed by atoms with Crippen LogP contribution >= 0.6 is 11.6 Å². The van der Waals surface area contributed by atoms with Crippen molar-refractivity contribution < 1.29 is 5.11 Å². The summed E-state index contributed by atoms with van der Waals surface area (Å²) >= 11 is 6.14. The Morgan fingerprint density at radius 1 is 1.19 bits per heavy atom. The van der Waals surface area contributed by atoms with Gasteiger partial charge < -0.3 is 5.11 Å². The third-order valence-corrected chi connectivity index (χ3v) is 2.82. The largest absolute Gasteiger partial charge is 0.508 e. The summed E-state index contributed by atoms with van der Waals surface area (Å²) in [5, 5.41) is 10.3. The third kappa shape index (κ3) is 2.02. The molecule has 0 aliphatic carbocycles. The number of aryl methyl sites for hydroxylation is 2. The van der Waals surface area contributed by atoms with Crippen molar-refractivity contribution in [2.24, 2.45) is 0 Å². The van der Waals surface area contributed by atoms with Crippen molar-refractivity contribution in [3.05, 3.63) is 46.7 Å². The number of aromatic nitrogens is 1. The molecule has 2 nitrogen and oxygen atoms in total. The van der Waals surface area contributed by atoms with Gasteiger partial charge in [0.05, 0.1) is 0 Å². The highest BCUT2D eigenvalue weighted by Crippen LogP contribution is 2.32. The second-order valence-electron chi connectivity index (χ2n) is 3.81. The van der Waals surface area contributed by atoms with Gasteiger partial charge in [-0.2, -0.15) is 0 Å². The van der Waals surface area contributed by atoms with Gasteiger partial charge in [-0.25, -0.2) is 0 Å². The fraction of sp³-hybridized carbons (Fsp3) is 0.154. The van der Waals surface area contributed by atoms with Gasteiger partial charge in [-0.15, -0.1) is 0 Å². The van der Waals surface area contributed by atoms with Crippen LogP contribution < -0.4 is 0 Å². The van der Waals surface area contributed by atoms with Crippen LogP contribution in [0, 0.1) is 13.8 Å². The lowest BCUT2D eigenvalue weighted by atomic mass is 10.0. The van der Waals surface area contributed by atoms with Crippen molar-refractivity contribution >= 4 is 11.6 Å². The highest BCUT2D eigenvalue weighted by atomic mass is 35.5. The van der Waals surface area contributed by atoms with Crippen molar-refractivity contribution in [3.63, 3.8) is 0 Å². The van der Waals surface area contributed by atoms with E-state index >= 15 is 0 Å². The molecule has 1 aromatic carbocycles.